The third-order valence-corrected chi connectivity index (χ3v) is 5.91. The van der Waals surface area contributed by atoms with Crippen LogP contribution in [-0.4, -0.2) is 32.7 Å². The van der Waals surface area contributed by atoms with Gasteiger partial charge in [-0.1, -0.05) is 18.2 Å². The molecule has 0 saturated heterocycles. The van der Waals surface area contributed by atoms with Crippen LogP contribution >= 0.6 is 0 Å². The van der Waals surface area contributed by atoms with Crippen molar-refractivity contribution in [3.8, 4) is 0 Å². The molecule has 0 aromatic heterocycles. The predicted molar refractivity (Wildman–Crippen MR) is 100 cm³/mol. The van der Waals surface area contributed by atoms with Gasteiger partial charge in [0.1, 0.15) is 6.04 Å². The molecular formula is C19H20F2N2O3S. The topological polar surface area (TPSA) is 57.7 Å². The van der Waals surface area contributed by atoms with Crippen molar-refractivity contribution in [1.29, 1.82) is 0 Å². The van der Waals surface area contributed by atoms with Crippen LogP contribution in [-0.2, 0) is 21.2 Å². The Kier molecular flexibility index (Phi) is 4.94. The summed E-state index contributed by atoms with van der Waals surface area (Å²) in [5.41, 5.74) is 1.64. The molecule has 2 aromatic rings. The van der Waals surface area contributed by atoms with Crippen LogP contribution in [0.4, 0.5) is 20.2 Å². The highest BCUT2D eigenvalue weighted by molar-refractivity contribution is 7.92. The highest BCUT2D eigenvalue weighted by Crippen LogP contribution is 2.33. The lowest BCUT2D eigenvalue weighted by Crippen LogP contribution is -2.51. The van der Waals surface area contributed by atoms with Crippen LogP contribution in [0.2, 0.25) is 0 Å². The molecule has 0 N–H and O–H groups in total. The summed E-state index contributed by atoms with van der Waals surface area (Å²) in [6.45, 7) is 3.32. The second-order valence-corrected chi connectivity index (χ2v) is 8.58. The summed E-state index contributed by atoms with van der Waals surface area (Å²) in [6, 6.07) is 8.93. The Morgan fingerprint density at radius 2 is 1.85 bits per heavy atom. The molecule has 2 atom stereocenters. The molecule has 3 rings (SSSR count). The van der Waals surface area contributed by atoms with Crippen LogP contribution in [0.5, 0.6) is 0 Å². The SMILES string of the molecule is C[C@H](C(=O)N1c2ccccc2C[C@@H]1C)N(c1ccc(F)c(F)c1)S(C)(=O)=O. The van der Waals surface area contributed by atoms with E-state index in [0.29, 0.717) is 6.42 Å². The van der Waals surface area contributed by atoms with Crippen LogP contribution in [0.25, 0.3) is 0 Å². The maximum absolute atomic E-state index is 13.7. The van der Waals surface area contributed by atoms with Gasteiger partial charge in [0.05, 0.1) is 11.9 Å². The van der Waals surface area contributed by atoms with E-state index in [4.69, 9.17) is 0 Å². The number of nitrogens with zero attached hydrogens (tertiary/aromatic N) is 2. The molecular weight excluding hydrogens is 374 g/mol. The van der Waals surface area contributed by atoms with Gasteiger partial charge in [-0.05, 0) is 44.0 Å². The van der Waals surface area contributed by atoms with Crippen molar-refractivity contribution in [2.24, 2.45) is 0 Å². The molecule has 0 radical (unpaired) electrons. The largest absolute Gasteiger partial charge is 0.307 e. The average molecular weight is 394 g/mol. The molecule has 144 valence electrons. The molecule has 0 spiro atoms. The van der Waals surface area contributed by atoms with E-state index < -0.39 is 33.6 Å². The van der Waals surface area contributed by atoms with Gasteiger partial charge < -0.3 is 4.90 Å². The minimum atomic E-state index is -3.92. The van der Waals surface area contributed by atoms with Gasteiger partial charge in [-0.25, -0.2) is 17.2 Å². The first-order chi connectivity index (χ1) is 12.6. The molecule has 1 aliphatic rings. The number of hydrogen-bond donors (Lipinski definition) is 0. The molecule has 0 bridgehead atoms. The first-order valence-electron chi connectivity index (χ1n) is 8.46. The molecule has 1 heterocycles. The zero-order valence-corrected chi connectivity index (χ0v) is 16.0. The number of carbonyl (C=O) groups is 1. The van der Waals surface area contributed by atoms with Gasteiger partial charge in [-0.3, -0.25) is 9.10 Å². The Labute approximate surface area is 157 Å². The van der Waals surface area contributed by atoms with Crippen molar-refractivity contribution < 1.29 is 22.0 Å². The predicted octanol–water partition coefficient (Wildman–Crippen LogP) is 3.10. The molecule has 8 heteroatoms. The van der Waals surface area contributed by atoms with Gasteiger partial charge in [0.25, 0.3) is 5.91 Å². The Hall–Kier alpha value is -2.48. The quantitative estimate of drug-likeness (QED) is 0.801. The highest BCUT2D eigenvalue weighted by atomic mass is 32.2. The van der Waals surface area contributed by atoms with Gasteiger partial charge in [-0.15, -0.1) is 0 Å². The summed E-state index contributed by atoms with van der Waals surface area (Å²) >= 11 is 0. The van der Waals surface area contributed by atoms with E-state index in [1.807, 2.05) is 31.2 Å². The number of para-hydroxylation sites is 1. The minimum Gasteiger partial charge on any atom is -0.307 e. The first kappa shape index (κ1) is 19.3. The number of benzene rings is 2. The van der Waals surface area contributed by atoms with E-state index in [9.17, 15) is 22.0 Å². The maximum Gasteiger partial charge on any atom is 0.250 e. The number of fused-ring (bicyclic) bond motifs is 1. The van der Waals surface area contributed by atoms with Crippen LogP contribution in [0.1, 0.15) is 19.4 Å². The number of sulfonamides is 1. The van der Waals surface area contributed by atoms with E-state index in [-0.39, 0.29) is 11.7 Å². The molecule has 1 aliphatic heterocycles. The summed E-state index contributed by atoms with van der Waals surface area (Å²) in [7, 11) is -3.92. The Bertz CT molecular complexity index is 994. The number of halogens is 2. The molecule has 2 aromatic carbocycles. The fourth-order valence-corrected chi connectivity index (χ4v) is 4.69. The smallest absolute Gasteiger partial charge is 0.250 e. The Morgan fingerprint density at radius 3 is 2.48 bits per heavy atom. The van der Waals surface area contributed by atoms with E-state index in [2.05, 4.69) is 0 Å². The Balaban J connectivity index is 2.01. The number of amides is 1. The van der Waals surface area contributed by atoms with E-state index in [0.717, 1.165) is 40.0 Å². The zero-order chi connectivity index (χ0) is 19.9. The molecule has 5 nitrogen and oxygen atoms in total. The first-order valence-corrected chi connectivity index (χ1v) is 10.3. The van der Waals surface area contributed by atoms with Crippen LogP contribution < -0.4 is 9.21 Å². The van der Waals surface area contributed by atoms with Gasteiger partial charge in [-0.2, -0.15) is 0 Å². The second-order valence-electron chi connectivity index (χ2n) is 6.72. The Morgan fingerprint density at radius 1 is 1.19 bits per heavy atom. The van der Waals surface area contributed by atoms with Crippen LogP contribution in [0.15, 0.2) is 42.5 Å². The van der Waals surface area contributed by atoms with E-state index in [1.54, 1.807) is 4.90 Å². The summed E-state index contributed by atoms with van der Waals surface area (Å²) in [6.07, 6.45) is 1.60. The van der Waals surface area contributed by atoms with Crippen molar-refractivity contribution >= 4 is 27.3 Å². The van der Waals surface area contributed by atoms with Gasteiger partial charge in [0, 0.05) is 17.8 Å². The van der Waals surface area contributed by atoms with Crippen molar-refractivity contribution in [2.75, 3.05) is 15.5 Å². The molecule has 0 saturated carbocycles. The molecule has 0 unspecified atom stereocenters. The summed E-state index contributed by atoms with van der Waals surface area (Å²) in [4.78, 5) is 14.8. The normalized spacial score (nSPS) is 17.5. The van der Waals surface area contributed by atoms with Gasteiger partial charge in [0.2, 0.25) is 10.0 Å². The van der Waals surface area contributed by atoms with Gasteiger partial charge in [0.15, 0.2) is 11.6 Å². The highest BCUT2D eigenvalue weighted by Gasteiger charge is 2.38. The van der Waals surface area contributed by atoms with Crippen molar-refractivity contribution in [3.63, 3.8) is 0 Å². The van der Waals surface area contributed by atoms with Crippen LogP contribution in [0.3, 0.4) is 0 Å². The summed E-state index contributed by atoms with van der Waals surface area (Å²) < 4.78 is 52.5. The average Bonchev–Trinajstić information content (AvgIpc) is 2.92. The maximum atomic E-state index is 13.7. The zero-order valence-electron chi connectivity index (χ0n) is 15.2. The molecule has 0 fully saturated rings. The number of carbonyl (C=O) groups excluding carboxylic acids is 1. The van der Waals surface area contributed by atoms with Crippen molar-refractivity contribution in [3.05, 3.63) is 59.7 Å². The summed E-state index contributed by atoms with van der Waals surface area (Å²) in [5.74, 6) is -2.70. The number of hydrogen-bond acceptors (Lipinski definition) is 3. The fraction of sp³-hybridized carbons (Fsp3) is 0.316. The molecule has 1 amide bonds. The molecule has 0 aliphatic carbocycles. The lowest BCUT2D eigenvalue weighted by molar-refractivity contribution is -0.119. The third-order valence-electron chi connectivity index (χ3n) is 4.67. The minimum absolute atomic E-state index is 0.0996. The van der Waals surface area contributed by atoms with Crippen molar-refractivity contribution in [2.45, 2.75) is 32.4 Å². The monoisotopic (exact) mass is 394 g/mol. The van der Waals surface area contributed by atoms with Crippen LogP contribution in [0, 0.1) is 11.6 Å². The van der Waals surface area contributed by atoms with E-state index >= 15 is 0 Å². The van der Waals surface area contributed by atoms with E-state index in [1.165, 1.54) is 6.92 Å². The van der Waals surface area contributed by atoms with Gasteiger partial charge >= 0.3 is 0 Å². The fourth-order valence-electron chi connectivity index (χ4n) is 3.53. The second kappa shape index (κ2) is 6.92. The standard InChI is InChI=1S/C19H20F2N2O3S/c1-12-10-14-6-4-5-7-18(14)22(12)19(24)13(2)23(27(3,25)26)15-8-9-16(20)17(21)11-15/h4-9,11-13H,10H2,1-3H3/t12-,13+/m0/s1. The summed E-state index contributed by atoms with van der Waals surface area (Å²) in [5, 5.41) is 0. The third kappa shape index (κ3) is 3.53. The number of anilines is 2. The number of rotatable bonds is 4. The van der Waals surface area contributed by atoms with Crippen molar-refractivity contribution in [1.82, 2.24) is 0 Å². The molecule has 27 heavy (non-hydrogen) atoms. The lowest BCUT2D eigenvalue weighted by Gasteiger charge is -2.33. The lowest BCUT2D eigenvalue weighted by atomic mass is 10.1.